The van der Waals surface area contributed by atoms with Gasteiger partial charge in [-0.2, -0.15) is 0 Å². The van der Waals surface area contributed by atoms with Crippen LogP contribution < -0.4 is 10.9 Å². The lowest BCUT2D eigenvalue weighted by molar-refractivity contribution is -0.133. The second-order valence-corrected chi connectivity index (χ2v) is 7.64. The molecule has 1 aliphatic rings. The number of aromatic amines is 1. The van der Waals surface area contributed by atoms with Crippen LogP contribution in [0.25, 0.3) is 6.08 Å². The highest BCUT2D eigenvalue weighted by Gasteiger charge is 2.19. The summed E-state index contributed by atoms with van der Waals surface area (Å²) in [6, 6.07) is 11.0. The van der Waals surface area contributed by atoms with E-state index in [-0.39, 0.29) is 30.2 Å². The number of halogens is 1. The maximum Gasteiger partial charge on any atom is 0.248 e. The predicted octanol–water partition coefficient (Wildman–Crippen LogP) is 3.56. The summed E-state index contributed by atoms with van der Waals surface area (Å²) in [6.07, 6.45) is 5.63. The summed E-state index contributed by atoms with van der Waals surface area (Å²) in [4.78, 5) is 39.7. The lowest BCUT2D eigenvalue weighted by Crippen LogP contribution is -2.36. The number of hydrogen-bond donors (Lipinski definition) is 2. The van der Waals surface area contributed by atoms with E-state index >= 15 is 0 Å². The van der Waals surface area contributed by atoms with Gasteiger partial charge in [0.2, 0.25) is 17.4 Å². The van der Waals surface area contributed by atoms with Crippen molar-refractivity contribution in [3.05, 3.63) is 68.6 Å². The SMILES string of the molecule is O=C(CCC(=O)N1CCC(=Cc2ccc(Br)cc2)CC1)Nc1ccc(=O)[nH]c1. The van der Waals surface area contributed by atoms with Crippen LogP contribution in [-0.4, -0.2) is 34.8 Å². The largest absolute Gasteiger partial charge is 0.342 e. The lowest BCUT2D eigenvalue weighted by Gasteiger charge is -2.28. The molecule has 0 bridgehead atoms. The van der Waals surface area contributed by atoms with Crippen molar-refractivity contribution in [3.8, 4) is 0 Å². The fraction of sp³-hybridized carbons (Fsp3) is 0.286. The average molecular weight is 444 g/mol. The molecule has 2 aromatic rings. The summed E-state index contributed by atoms with van der Waals surface area (Å²) < 4.78 is 1.06. The summed E-state index contributed by atoms with van der Waals surface area (Å²) in [5.74, 6) is -0.243. The monoisotopic (exact) mass is 443 g/mol. The number of nitrogens with zero attached hydrogens (tertiary/aromatic N) is 1. The molecule has 7 heteroatoms. The normalized spacial score (nSPS) is 13.9. The number of benzene rings is 1. The fourth-order valence-electron chi connectivity index (χ4n) is 3.07. The van der Waals surface area contributed by atoms with Crippen molar-refractivity contribution in [2.45, 2.75) is 25.7 Å². The summed E-state index contributed by atoms with van der Waals surface area (Å²) in [7, 11) is 0. The topological polar surface area (TPSA) is 82.3 Å². The second-order valence-electron chi connectivity index (χ2n) is 6.72. The Hall–Kier alpha value is -2.67. The van der Waals surface area contributed by atoms with E-state index in [4.69, 9.17) is 0 Å². The van der Waals surface area contributed by atoms with Gasteiger partial charge >= 0.3 is 0 Å². The molecule has 0 atom stereocenters. The number of nitrogens with one attached hydrogen (secondary N) is 2. The van der Waals surface area contributed by atoms with E-state index in [2.05, 4.69) is 44.4 Å². The molecule has 0 spiro atoms. The molecule has 6 nitrogen and oxygen atoms in total. The van der Waals surface area contributed by atoms with Gasteiger partial charge in [0.25, 0.3) is 0 Å². The van der Waals surface area contributed by atoms with Crippen LogP contribution in [0.2, 0.25) is 0 Å². The Kier molecular flexibility index (Phi) is 6.81. The highest BCUT2D eigenvalue weighted by atomic mass is 79.9. The molecule has 0 radical (unpaired) electrons. The van der Waals surface area contributed by atoms with Crippen LogP contribution in [0.1, 0.15) is 31.2 Å². The van der Waals surface area contributed by atoms with Crippen molar-refractivity contribution in [3.63, 3.8) is 0 Å². The number of piperidine rings is 1. The zero-order chi connectivity index (χ0) is 19.9. The van der Waals surface area contributed by atoms with E-state index in [0.29, 0.717) is 18.8 Å². The molecule has 2 heterocycles. The molecular weight excluding hydrogens is 422 g/mol. The summed E-state index contributed by atoms with van der Waals surface area (Å²) >= 11 is 3.43. The number of carbonyl (C=O) groups excluding carboxylic acids is 2. The lowest BCUT2D eigenvalue weighted by atomic mass is 10.0. The first kappa shape index (κ1) is 20.1. The van der Waals surface area contributed by atoms with Gasteiger partial charge in [0.15, 0.2) is 0 Å². The molecule has 1 saturated heterocycles. The molecule has 1 aliphatic heterocycles. The Morgan fingerprint density at radius 1 is 1.07 bits per heavy atom. The van der Waals surface area contributed by atoms with Crippen LogP contribution in [0, 0.1) is 0 Å². The smallest absolute Gasteiger partial charge is 0.248 e. The van der Waals surface area contributed by atoms with Gasteiger partial charge in [-0.1, -0.05) is 39.7 Å². The van der Waals surface area contributed by atoms with Gasteiger partial charge in [0.1, 0.15) is 0 Å². The van der Waals surface area contributed by atoms with E-state index in [9.17, 15) is 14.4 Å². The van der Waals surface area contributed by atoms with Crippen molar-refractivity contribution < 1.29 is 9.59 Å². The number of aromatic nitrogens is 1. The third kappa shape index (κ3) is 5.92. The van der Waals surface area contributed by atoms with Crippen LogP contribution in [0.4, 0.5) is 5.69 Å². The maximum atomic E-state index is 12.4. The van der Waals surface area contributed by atoms with E-state index in [1.807, 2.05) is 17.0 Å². The Bertz CT molecular complexity index is 904. The number of pyridine rings is 1. The third-order valence-electron chi connectivity index (χ3n) is 4.63. The van der Waals surface area contributed by atoms with Gasteiger partial charge in [-0.25, -0.2) is 0 Å². The first-order valence-electron chi connectivity index (χ1n) is 9.21. The van der Waals surface area contributed by atoms with Crippen LogP contribution >= 0.6 is 15.9 Å². The van der Waals surface area contributed by atoms with E-state index < -0.39 is 0 Å². The molecule has 1 aromatic heterocycles. The van der Waals surface area contributed by atoms with E-state index in [1.165, 1.54) is 23.9 Å². The fourth-order valence-corrected chi connectivity index (χ4v) is 3.34. The van der Waals surface area contributed by atoms with Crippen molar-refractivity contribution in [1.82, 2.24) is 9.88 Å². The highest BCUT2D eigenvalue weighted by molar-refractivity contribution is 9.10. The van der Waals surface area contributed by atoms with Crippen LogP contribution in [0.5, 0.6) is 0 Å². The number of rotatable bonds is 5. The molecular formula is C21H22BrN3O3. The standard InChI is InChI=1S/C21H22BrN3O3/c22-17-3-1-15(2-4-17)13-16-9-11-25(12-10-16)21(28)8-7-20(27)24-18-5-6-19(26)23-14-18/h1-6,13-14H,7-12H2,(H,23,26)(H,24,27). The minimum Gasteiger partial charge on any atom is -0.342 e. The quantitative estimate of drug-likeness (QED) is 0.740. The summed E-state index contributed by atoms with van der Waals surface area (Å²) in [6.45, 7) is 1.37. The molecule has 2 N–H and O–H groups in total. The second kappa shape index (κ2) is 9.50. The molecule has 28 heavy (non-hydrogen) atoms. The van der Waals surface area contributed by atoms with E-state index in [0.717, 1.165) is 22.9 Å². The van der Waals surface area contributed by atoms with Crippen molar-refractivity contribution in [2.24, 2.45) is 0 Å². The van der Waals surface area contributed by atoms with Gasteiger partial charge < -0.3 is 15.2 Å². The zero-order valence-corrected chi connectivity index (χ0v) is 17.0. The van der Waals surface area contributed by atoms with Crippen LogP contribution in [-0.2, 0) is 9.59 Å². The molecule has 0 saturated carbocycles. The van der Waals surface area contributed by atoms with Crippen molar-refractivity contribution in [2.75, 3.05) is 18.4 Å². The molecule has 1 fully saturated rings. The maximum absolute atomic E-state index is 12.4. The Balaban J connectivity index is 1.43. The molecule has 2 amide bonds. The van der Waals surface area contributed by atoms with Crippen LogP contribution in [0.3, 0.4) is 0 Å². The van der Waals surface area contributed by atoms with Gasteiger partial charge in [-0.15, -0.1) is 0 Å². The highest BCUT2D eigenvalue weighted by Crippen LogP contribution is 2.21. The molecule has 146 valence electrons. The first-order valence-corrected chi connectivity index (χ1v) is 10.0. The minimum absolute atomic E-state index is 0.000639. The third-order valence-corrected chi connectivity index (χ3v) is 5.16. The molecule has 0 unspecified atom stereocenters. The first-order chi connectivity index (χ1) is 13.5. The average Bonchev–Trinajstić information content (AvgIpc) is 2.70. The van der Waals surface area contributed by atoms with Crippen LogP contribution in [0.15, 0.2) is 57.4 Å². The Labute approximate surface area is 171 Å². The number of anilines is 1. The van der Waals surface area contributed by atoms with Gasteiger partial charge in [-0.3, -0.25) is 14.4 Å². The Morgan fingerprint density at radius 3 is 2.43 bits per heavy atom. The van der Waals surface area contributed by atoms with Gasteiger partial charge in [0, 0.05) is 42.7 Å². The van der Waals surface area contributed by atoms with E-state index in [1.54, 1.807) is 0 Å². The number of carbonyl (C=O) groups is 2. The summed E-state index contributed by atoms with van der Waals surface area (Å²) in [5.41, 5.74) is 2.78. The predicted molar refractivity (Wildman–Crippen MR) is 113 cm³/mol. The number of H-pyrrole nitrogens is 1. The molecule has 0 aliphatic carbocycles. The van der Waals surface area contributed by atoms with Crippen molar-refractivity contribution in [1.29, 1.82) is 0 Å². The van der Waals surface area contributed by atoms with Crippen molar-refractivity contribution >= 4 is 39.5 Å². The minimum atomic E-state index is -0.242. The van der Waals surface area contributed by atoms with Gasteiger partial charge in [0.05, 0.1) is 5.69 Å². The van der Waals surface area contributed by atoms with Gasteiger partial charge in [-0.05, 0) is 36.6 Å². The Morgan fingerprint density at radius 2 is 1.79 bits per heavy atom. The molecule has 3 rings (SSSR count). The number of likely N-dealkylation sites (tertiary alicyclic amines) is 1. The molecule has 1 aromatic carbocycles. The number of hydrogen-bond acceptors (Lipinski definition) is 3. The summed E-state index contributed by atoms with van der Waals surface area (Å²) in [5, 5.41) is 2.67. The number of amides is 2. The zero-order valence-electron chi connectivity index (χ0n) is 15.4.